The van der Waals surface area contributed by atoms with E-state index in [-0.39, 0.29) is 47.5 Å². The highest BCUT2D eigenvalue weighted by atomic mass is 79.9. The van der Waals surface area contributed by atoms with E-state index in [1.807, 2.05) is 0 Å². The molecule has 6 N–H and O–H groups in total. The van der Waals surface area contributed by atoms with E-state index >= 15 is 0 Å². The number of fused-ring (bicyclic) bond motifs is 1. The van der Waals surface area contributed by atoms with Crippen LogP contribution in [0.25, 0.3) is 5.70 Å². The number of hydrogen-bond donors (Lipinski definition) is 6. The molecule has 0 radical (unpaired) electrons. The van der Waals surface area contributed by atoms with Gasteiger partial charge in [0.2, 0.25) is 0 Å². The van der Waals surface area contributed by atoms with Crippen molar-refractivity contribution in [1.29, 1.82) is 16.2 Å². The van der Waals surface area contributed by atoms with Gasteiger partial charge in [0.15, 0.2) is 5.17 Å². The molecule has 0 spiro atoms. The van der Waals surface area contributed by atoms with Crippen LogP contribution in [0.2, 0.25) is 0 Å². The molecule has 2 aliphatic heterocycles. The maximum atomic E-state index is 14.5. The minimum absolute atomic E-state index is 0.0151. The van der Waals surface area contributed by atoms with Crippen LogP contribution in [0, 0.1) is 27.9 Å². The second-order valence-electron chi connectivity index (χ2n) is 4.66. The topological polar surface area (TPSA) is 133 Å². The van der Waals surface area contributed by atoms with Crippen LogP contribution in [0.1, 0.15) is 18.1 Å². The number of rotatable bonds is 0. The zero-order valence-corrected chi connectivity index (χ0v) is 16.3. The summed E-state index contributed by atoms with van der Waals surface area (Å²) < 4.78 is 28.5. The second kappa shape index (κ2) is 7.22. The van der Waals surface area contributed by atoms with E-state index in [4.69, 9.17) is 26.1 Å². The van der Waals surface area contributed by atoms with E-state index in [2.05, 4.69) is 42.5 Å². The highest BCUT2D eigenvalue weighted by Crippen LogP contribution is 2.42. The molecule has 1 aromatic carbocycles. The molecule has 2 heterocycles. The van der Waals surface area contributed by atoms with Gasteiger partial charge in [0.05, 0.1) is 30.7 Å². The molecule has 1 saturated heterocycles. The average molecular weight is 497 g/mol. The Bertz CT molecular complexity index is 884. The number of carbonyl (C=O) groups is 1. The van der Waals surface area contributed by atoms with Gasteiger partial charge in [-0.1, -0.05) is 0 Å². The fraction of sp³-hybridized carbons (Fsp3) is 0.0769. The summed E-state index contributed by atoms with van der Waals surface area (Å²) in [6.45, 7) is 1.08. The van der Waals surface area contributed by atoms with Crippen LogP contribution in [-0.4, -0.2) is 27.9 Å². The largest absolute Gasteiger partial charge is 0.481 e. The van der Waals surface area contributed by atoms with Crippen LogP contribution in [0.5, 0.6) is 0 Å². The summed E-state index contributed by atoms with van der Waals surface area (Å²) in [6.07, 6.45) is 0. The zero-order valence-electron chi connectivity index (χ0n) is 12.3. The SMILES string of the molecule is CC(=O)O.N=C1NC(=N)/C(=C2\NC(=N)c3c(F)c(Br)c(Br)c(F)c32)S1. The third-order valence-corrected chi connectivity index (χ3v) is 5.85. The van der Waals surface area contributed by atoms with Crippen LogP contribution >= 0.6 is 43.6 Å². The zero-order chi connectivity index (χ0) is 19.0. The summed E-state index contributed by atoms with van der Waals surface area (Å²) in [5.74, 6) is -2.71. The monoisotopic (exact) mass is 495 g/mol. The highest BCUT2D eigenvalue weighted by Gasteiger charge is 2.36. The van der Waals surface area contributed by atoms with Crippen LogP contribution < -0.4 is 10.6 Å². The summed E-state index contributed by atoms with van der Waals surface area (Å²) in [6, 6.07) is 0. The molecular formula is C13H9Br2F2N5O2S. The quantitative estimate of drug-likeness (QED) is 0.242. The number of carboxylic acids is 1. The number of hydrogen-bond acceptors (Lipinski definition) is 5. The first-order valence-corrected chi connectivity index (χ1v) is 8.74. The molecule has 0 amide bonds. The lowest BCUT2D eigenvalue weighted by atomic mass is 10.1. The number of halogens is 4. The normalized spacial score (nSPS) is 18.4. The minimum atomic E-state index is -0.833. The van der Waals surface area contributed by atoms with Crippen molar-refractivity contribution < 1.29 is 18.7 Å². The third-order valence-electron chi connectivity index (χ3n) is 2.91. The maximum absolute atomic E-state index is 14.5. The van der Waals surface area contributed by atoms with Crippen molar-refractivity contribution in [3.8, 4) is 0 Å². The summed E-state index contributed by atoms with van der Waals surface area (Å²) in [5.41, 5.74) is -0.197. The van der Waals surface area contributed by atoms with E-state index in [0.717, 1.165) is 18.7 Å². The summed E-state index contributed by atoms with van der Waals surface area (Å²) in [4.78, 5) is 9.25. The summed E-state index contributed by atoms with van der Waals surface area (Å²) >= 11 is 6.82. The maximum Gasteiger partial charge on any atom is 0.300 e. The first kappa shape index (κ1) is 19.5. The molecule has 0 saturated carbocycles. The van der Waals surface area contributed by atoms with Gasteiger partial charge in [-0.3, -0.25) is 21.0 Å². The van der Waals surface area contributed by atoms with Crippen LogP contribution in [0.4, 0.5) is 8.78 Å². The van der Waals surface area contributed by atoms with Gasteiger partial charge in [-0.2, -0.15) is 0 Å². The lowest BCUT2D eigenvalue weighted by molar-refractivity contribution is -0.134. The molecule has 3 rings (SSSR count). The van der Waals surface area contributed by atoms with Gasteiger partial charge in [0.25, 0.3) is 5.97 Å². The predicted octanol–water partition coefficient (Wildman–Crippen LogP) is 3.43. The third kappa shape index (κ3) is 3.60. The van der Waals surface area contributed by atoms with Crippen molar-refractivity contribution >= 4 is 72.1 Å². The molecule has 25 heavy (non-hydrogen) atoms. The van der Waals surface area contributed by atoms with Crippen molar-refractivity contribution in [3.63, 3.8) is 0 Å². The number of thioether (sulfide) groups is 1. The fourth-order valence-corrected chi connectivity index (χ4v) is 3.56. The summed E-state index contributed by atoms with van der Waals surface area (Å²) in [7, 11) is 0. The lowest BCUT2D eigenvalue weighted by Crippen LogP contribution is -2.20. The Balaban J connectivity index is 0.000000511. The van der Waals surface area contributed by atoms with Crippen molar-refractivity contribution in [2.75, 3.05) is 0 Å². The first-order chi connectivity index (χ1) is 11.6. The van der Waals surface area contributed by atoms with Crippen LogP contribution in [-0.2, 0) is 4.79 Å². The molecule has 0 aliphatic carbocycles. The molecule has 0 aromatic heterocycles. The average Bonchev–Trinajstić information content (AvgIpc) is 3.01. The van der Waals surface area contributed by atoms with Crippen LogP contribution in [0.3, 0.4) is 0 Å². The Labute approximate surface area is 161 Å². The van der Waals surface area contributed by atoms with Gasteiger partial charge in [-0.15, -0.1) is 0 Å². The Morgan fingerprint density at radius 3 is 1.96 bits per heavy atom. The Kier molecular flexibility index (Phi) is 5.64. The lowest BCUT2D eigenvalue weighted by Gasteiger charge is -2.08. The molecule has 1 aromatic rings. The van der Waals surface area contributed by atoms with Crippen molar-refractivity contribution in [2.24, 2.45) is 0 Å². The van der Waals surface area contributed by atoms with Gasteiger partial charge in [-0.05, 0) is 43.6 Å². The summed E-state index contributed by atoms with van der Waals surface area (Å²) in [5, 5.41) is 35.5. The van der Waals surface area contributed by atoms with Crippen molar-refractivity contribution in [1.82, 2.24) is 10.6 Å². The first-order valence-electron chi connectivity index (χ1n) is 6.34. The molecule has 132 valence electrons. The van der Waals surface area contributed by atoms with Gasteiger partial charge in [-0.25, -0.2) is 8.78 Å². The standard InChI is InChI=1S/C11H5Br2F2N5S.C2H4O2/c12-3-4(13)6(15)2-1(5(3)14)7(19-9(2)16)8-10(17)20-11(18)21-8;1-2(3)4/h(H2,16,19)(H3,17,18,20);1H3,(H,3,4)/b8-7+;. The van der Waals surface area contributed by atoms with E-state index < -0.39 is 17.6 Å². The molecule has 2 aliphatic rings. The highest BCUT2D eigenvalue weighted by molar-refractivity contribution is 9.13. The smallest absolute Gasteiger partial charge is 0.300 e. The molecule has 12 heteroatoms. The molecule has 0 bridgehead atoms. The molecule has 0 unspecified atom stereocenters. The van der Waals surface area contributed by atoms with Gasteiger partial charge >= 0.3 is 0 Å². The van der Waals surface area contributed by atoms with Crippen LogP contribution in [0.15, 0.2) is 13.9 Å². The van der Waals surface area contributed by atoms with Gasteiger partial charge in [0.1, 0.15) is 23.3 Å². The van der Waals surface area contributed by atoms with Crippen molar-refractivity contribution in [2.45, 2.75) is 6.92 Å². The van der Waals surface area contributed by atoms with E-state index in [1.54, 1.807) is 0 Å². The Hall–Kier alpha value is -1.79. The number of nitrogens with one attached hydrogen (secondary N) is 5. The number of aliphatic carboxylic acids is 1. The molecule has 7 nitrogen and oxygen atoms in total. The Morgan fingerprint density at radius 1 is 1.04 bits per heavy atom. The predicted molar refractivity (Wildman–Crippen MR) is 98.1 cm³/mol. The molecular weight excluding hydrogens is 488 g/mol. The Morgan fingerprint density at radius 2 is 1.52 bits per heavy atom. The van der Waals surface area contributed by atoms with E-state index in [0.29, 0.717) is 0 Å². The van der Waals surface area contributed by atoms with Crippen molar-refractivity contribution in [3.05, 3.63) is 36.6 Å². The van der Waals surface area contributed by atoms with Gasteiger partial charge in [0, 0.05) is 6.92 Å². The molecule has 0 atom stereocenters. The van der Waals surface area contributed by atoms with Gasteiger partial charge < -0.3 is 15.7 Å². The number of amidine groups is 3. The van der Waals surface area contributed by atoms with E-state index in [1.165, 1.54) is 0 Å². The van der Waals surface area contributed by atoms with E-state index in [9.17, 15) is 8.78 Å². The number of benzene rings is 1. The molecule has 1 fully saturated rings. The second-order valence-corrected chi connectivity index (χ2v) is 7.27. The number of carboxylic acid groups (broad SMARTS) is 1. The minimum Gasteiger partial charge on any atom is -0.481 e. The fourth-order valence-electron chi connectivity index (χ4n) is 2.05.